The summed E-state index contributed by atoms with van der Waals surface area (Å²) in [6.45, 7) is 0. The lowest BCUT2D eigenvalue weighted by Gasteiger charge is -2.29. The van der Waals surface area contributed by atoms with Crippen molar-refractivity contribution in [3.05, 3.63) is 18.0 Å². The van der Waals surface area contributed by atoms with Crippen molar-refractivity contribution in [3.63, 3.8) is 0 Å². The number of aromatic nitrogens is 2. The Balaban J connectivity index is 1.94. The van der Waals surface area contributed by atoms with E-state index in [9.17, 15) is 0 Å². The van der Waals surface area contributed by atoms with Gasteiger partial charge in [-0.05, 0) is 37.8 Å². The summed E-state index contributed by atoms with van der Waals surface area (Å²) in [4.78, 5) is 0. The molecule has 3 heteroatoms. The predicted octanol–water partition coefficient (Wildman–Crippen LogP) is 2.13. The maximum absolute atomic E-state index is 4.24. The quantitative estimate of drug-likeness (QED) is 0.844. The first-order valence-corrected chi connectivity index (χ1v) is 6.44. The van der Waals surface area contributed by atoms with E-state index < -0.39 is 0 Å². The predicted molar refractivity (Wildman–Crippen MR) is 66.3 cm³/mol. The summed E-state index contributed by atoms with van der Waals surface area (Å²) in [5, 5.41) is 7.73. The average Bonchev–Trinajstić information content (AvgIpc) is 2.73. The van der Waals surface area contributed by atoms with Gasteiger partial charge in [-0.3, -0.25) is 4.68 Å². The number of likely N-dealkylation sites (N-methyl/N-ethyl adjacent to an activating group) is 1. The van der Waals surface area contributed by atoms with Crippen LogP contribution >= 0.6 is 0 Å². The van der Waals surface area contributed by atoms with Gasteiger partial charge in [0.1, 0.15) is 0 Å². The van der Waals surface area contributed by atoms with Crippen LogP contribution < -0.4 is 5.32 Å². The molecule has 0 saturated heterocycles. The van der Waals surface area contributed by atoms with Crippen LogP contribution in [0.4, 0.5) is 0 Å². The van der Waals surface area contributed by atoms with Crippen molar-refractivity contribution in [2.45, 2.75) is 44.6 Å². The Hall–Kier alpha value is -0.830. The summed E-state index contributed by atoms with van der Waals surface area (Å²) in [5.74, 6) is 0.860. The van der Waals surface area contributed by atoms with Gasteiger partial charge in [-0.25, -0.2) is 0 Å². The number of aryl methyl sites for hydroxylation is 1. The van der Waals surface area contributed by atoms with Crippen molar-refractivity contribution in [3.8, 4) is 0 Å². The summed E-state index contributed by atoms with van der Waals surface area (Å²) in [6, 6.07) is 0.629. The molecule has 2 rings (SSSR count). The average molecular weight is 221 g/mol. The fraction of sp³-hybridized carbons (Fsp3) is 0.769. The Morgan fingerprint density at radius 3 is 2.75 bits per heavy atom. The van der Waals surface area contributed by atoms with Crippen LogP contribution in [0.15, 0.2) is 12.4 Å². The zero-order valence-electron chi connectivity index (χ0n) is 10.4. The zero-order chi connectivity index (χ0) is 11.4. The highest BCUT2D eigenvalue weighted by atomic mass is 15.2. The standard InChI is InChI=1S/C13H23N3/c1-14-13(12-6-4-3-5-7-12)8-11-9-15-16(2)10-11/h9-10,12-14H,3-8H2,1-2H3. The number of nitrogens with one attached hydrogen (secondary N) is 1. The highest BCUT2D eigenvalue weighted by Crippen LogP contribution is 2.27. The van der Waals surface area contributed by atoms with Crippen molar-refractivity contribution >= 4 is 0 Å². The maximum Gasteiger partial charge on any atom is 0.0522 e. The molecule has 3 nitrogen and oxygen atoms in total. The first kappa shape index (κ1) is 11.6. The van der Waals surface area contributed by atoms with Crippen LogP contribution in [-0.2, 0) is 13.5 Å². The Morgan fingerprint density at radius 1 is 1.44 bits per heavy atom. The molecule has 0 bridgehead atoms. The van der Waals surface area contributed by atoms with Crippen molar-refractivity contribution in [1.29, 1.82) is 0 Å². The monoisotopic (exact) mass is 221 g/mol. The fourth-order valence-corrected chi connectivity index (χ4v) is 2.87. The van der Waals surface area contributed by atoms with Crippen LogP contribution in [0, 0.1) is 5.92 Å². The number of hydrogen-bond donors (Lipinski definition) is 1. The summed E-state index contributed by atoms with van der Waals surface area (Å²) in [5.41, 5.74) is 1.35. The highest BCUT2D eigenvalue weighted by molar-refractivity contribution is 5.06. The minimum absolute atomic E-state index is 0.629. The molecule has 1 N–H and O–H groups in total. The van der Waals surface area contributed by atoms with Crippen molar-refractivity contribution < 1.29 is 0 Å². The molecule has 1 aromatic rings. The van der Waals surface area contributed by atoms with Gasteiger partial charge in [-0.2, -0.15) is 5.10 Å². The Morgan fingerprint density at radius 2 is 2.19 bits per heavy atom. The number of rotatable bonds is 4. The molecule has 0 aromatic carbocycles. The zero-order valence-corrected chi connectivity index (χ0v) is 10.4. The van der Waals surface area contributed by atoms with E-state index in [1.807, 2.05) is 17.9 Å². The minimum atomic E-state index is 0.629. The van der Waals surface area contributed by atoms with E-state index >= 15 is 0 Å². The molecular formula is C13H23N3. The van der Waals surface area contributed by atoms with Crippen LogP contribution in [0.25, 0.3) is 0 Å². The van der Waals surface area contributed by atoms with Crippen molar-refractivity contribution in [2.24, 2.45) is 13.0 Å². The molecule has 16 heavy (non-hydrogen) atoms. The van der Waals surface area contributed by atoms with Crippen LogP contribution in [0.1, 0.15) is 37.7 Å². The van der Waals surface area contributed by atoms with E-state index in [0.717, 1.165) is 12.3 Å². The first-order valence-electron chi connectivity index (χ1n) is 6.44. The molecule has 90 valence electrons. The van der Waals surface area contributed by atoms with Gasteiger partial charge in [0.15, 0.2) is 0 Å². The third-order valence-electron chi connectivity index (χ3n) is 3.80. The van der Waals surface area contributed by atoms with E-state index in [1.54, 1.807) is 0 Å². The summed E-state index contributed by atoms with van der Waals surface area (Å²) < 4.78 is 1.89. The second-order valence-electron chi connectivity index (χ2n) is 5.02. The van der Waals surface area contributed by atoms with Crippen LogP contribution in [-0.4, -0.2) is 22.9 Å². The van der Waals surface area contributed by atoms with E-state index in [4.69, 9.17) is 0 Å². The third-order valence-corrected chi connectivity index (χ3v) is 3.80. The van der Waals surface area contributed by atoms with E-state index in [0.29, 0.717) is 6.04 Å². The molecular weight excluding hydrogens is 198 g/mol. The second-order valence-corrected chi connectivity index (χ2v) is 5.02. The van der Waals surface area contributed by atoms with Gasteiger partial charge < -0.3 is 5.32 Å². The van der Waals surface area contributed by atoms with Gasteiger partial charge >= 0.3 is 0 Å². The molecule has 0 spiro atoms. The largest absolute Gasteiger partial charge is 0.316 e. The van der Waals surface area contributed by atoms with E-state index in [2.05, 4.69) is 23.7 Å². The second kappa shape index (κ2) is 5.48. The normalized spacial score (nSPS) is 19.9. The van der Waals surface area contributed by atoms with Crippen LogP contribution in [0.5, 0.6) is 0 Å². The Kier molecular flexibility index (Phi) is 3.99. The van der Waals surface area contributed by atoms with Gasteiger partial charge in [-0.1, -0.05) is 19.3 Å². The number of hydrogen-bond acceptors (Lipinski definition) is 2. The summed E-state index contributed by atoms with van der Waals surface area (Å²) in [7, 11) is 4.08. The van der Waals surface area contributed by atoms with Gasteiger partial charge in [0.05, 0.1) is 6.20 Å². The van der Waals surface area contributed by atoms with Crippen LogP contribution in [0.2, 0.25) is 0 Å². The molecule has 0 amide bonds. The summed E-state index contributed by atoms with van der Waals surface area (Å²) >= 11 is 0. The van der Waals surface area contributed by atoms with Gasteiger partial charge in [0.25, 0.3) is 0 Å². The third kappa shape index (κ3) is 2.85. The topological polar surface area (TPSA) is 29.9 Å². The summed E-state index contributed by atoms with van der Waals surface area (Å²) in [6.07, 6.45) is 12.3. The van der Waals surface area contributed by atoms with E-state index in [1.165, 1.54) is 37.7 Å². The first-order chi connectivity index (χ1) is 7.79. The molecule has 1 unspecified atom stereocenters. The molecule has 1 saturated carbocycles. The van der Waals surface area contributed by atoms with E-state index in [-0.39, 0.29) is 0 Å². The molecule has 1 aromatic heterocycles. The Labute approximate surface area is 98.2 Å². The Bertz CT molecular complexity index is 313. The van der Waals surface area contributed by atoms with Gasteiger partial charge in [0.2, 0.25) is 0 Å². The van der Waals surface area contributed by atoms with Crippen molar-refractivity contribution in [2.75, 3.05) is 7.05 Å². The number of nitrogens with zero attached hydrogens (tertiary/aromatic N) is 2. The SMILES string of the molecule is CNC(Cc1cnn(C)c1)C1CCCCC1. The molecule has 1 aliphatic rings. The fourth-order valence-electron chi connectivity index (χ4n) is 2.87. The van der Waals surface area contributed by atoms with Crippen LogP contribution in [0.3, 0.4) is 0 Å². The lowest BCUT2D eigenvalue weighted by molar-refractivity contribution is 0.276. The van der Waals surface area contributed by atoms with Crippen molar-refractivity contribution in [1.82, 2.24) is 15.1 Å². The van der Waals surface area contributed by atoms with Gasteiger partial charge in [0, 0.05) is 19.3 Å². The maximum atomic E-state index is 4.24. The molecule has 1 aliphatic carbocycles. The molecule has 1 fully saturated rings. The molecule has 1 atom stereocenters. The highest BCUT2D eigenvalue weighted by Gasteiger charge is 2.22. The smallest absolute Gasteiger partial charge is 0.0522 e. The molecule has 1 heterocycles. The molecule has 0 radical (unpaired) electrons. The lowest BCUT2D eigenvalue weighted by atomic mass is 9.82. The lowest BCUT2D eigenvalue weighted by Crippen LogP contribution is -2.36. The molecule has 0 aliphatic heterocycles. The minimum Gasteiger partial charge on any atom is -0.316 e. The van der Waals surface area contributed by atoms with Gasteiger partial charge in [-0.15, -0.1) is 0 Å².